The molecule has 2 rings (SSSR count). The number of rotatable bonds is 6. The highest BCUT2D eigenvalue weighted by Crippen LogP contribution is 2.25. The second kappa shape index (κ2) is 7.86. The van der Waals surface area contributed by atoms with Crippen LogP contribution in [0.1, 0.15) is 12.0 Å². The summed E-state index contributed by atoms with van der Waals surface area (Å²) in [6.07, 6.45) is 3.75. The summed E-state index contributed by atoms with van der Waals surface area (Å²) in [6, 6.07) is 8.90. The van der Waals surface area contributed by atoms with Gasteiger partial charge in [0.2, 0.25) is 5.91 Å². The Kier molecular flexibility index (Phi) is 5.84. The smallest absolute Gasteiger partial charge is 0.222 e. The normalized spacial score (nSPS) is 10.2. The standard InChI is InChI=1S/C15H15Cl2N3O/c16-12-1-2-13(17)14(9-12)19-8-5-15(21)20-10-11-3-6-18-7-4-11/h1-4,6-7,9,19H,5,8,10H2,(H,20,21). The van der Waals surface area contributed by atoms with Crippen molar-refractivity contribution in [3.63, 3.8) is 0 Å². The summed E-state index contributed by atoms with van der Waals surface area (Å²) in [5, 5.41) is 7.12. The monoisotopic (exact) mass is 323 g/mol. The number of carbonyl (C=O) groups is 1. The minimum Gasteiger partial charge on any atom is -0.383 e. The Morgan fingerprint density at radius 1 is 1.14 bits per heavy atom. The van der Waals surface area contributed by atoms with Crippen LogP contribution in [0, 0.1) is 0 Å². The van der Waals surface area contributed by atoms with Gasteiger partial charge < -0.3 is 10.6 Å². The zero-order valence-corrected chi connectivity index (χ0v) is 12.8. The van der Waals surface area contributed by atoms with Crippen LogP contribution in [0.2, 0.25) is 10.0 Å². The molecule has 0 unspecified atom stereocenters. The van der Waals surface area contributed by atoms with Gasteiger partial charge in [-0.3, -0.25) is 9.78 Å². The Morgan fingerprint density at radius 2 is 1.90 bits per heavy atom. The molecule has 1 aromatic carbocycles. The molecule has 0 radical (unpaired) electrons. The fourth-order valence-corrected chi connectivity index (χ4v) is 2.09. The van der Waals surface area contributed by atoms with Gasteiger partial charge in [-0.25, -0.2) is 0 Å². The fraction of sp³-hybridized carbons (Fsp3) is 0.200. The number of nitrogens with one attached hydrogen (secondary N) is 2. The van der Waals surface area contributed by atoms with E-state index in [-0.39, 0.29) is 5.91 Å². The van der Waals surface area contributed by atoms with Crippen LogP contribution in [0.4, 0.5) is 5.69 Å². The molecule has 1 amide bonds. The SMILES string of the molecule is O=C(CCNc1cc(Cl)ccc1Cl)NCc1ccncc1. The third kappa shape index (κ3) is 5.25. The van der Waals surface area contributed by atoms with Crippen LogP contribution < -0.4 is 10.6 Å². The van der Waals surface area contributed by atoms with Gasteiger partial charge in [0.25, 0.3) is 0 Å². The summed E-state index contributed by atoms with van der Waals surface area (Å²) in [5.41, 5.74) is 1.75. The zero-order chi connectivity index (χ0) is 15.1. The van der Waals surface area contributed by atoms with Gasteiger partial charge in [0.05, 0.1) is 10.7 Å². The Balaban J connectivity index is 1.73. The van der Waals surface area contributed by atoms with Gasteiger partial charge in [-0.1, -0.05) is 23.2 Å². The molecule has 0 aliphatic rings. The summed E-state index contributed by atoms with van der Waals surface area (Å²) in [7, 11) is 0. The number of hydrogen-bond acceptors (Lipinski definition) is 3. The Labute approximate surface area is 133 Å². The first-order valence-corrected chi connectivity index (χ1v) is 7.25. The molecule has 0 saturated heterocycles. The second-order valence-corrected chi connectivity index (χ2v) is 5.28. The largest absolute Gasteiger partial charge is 0.383 e. The predicted octanol–water partition coefficient (Wildman–Crippen LogP) is 3.51. The molecular formula is C15H15Cl2N3O. The lowest BCUT2D eigenvalue weighted by molar-refractivity contribution is -0.121. The van der Waals surface area contributed by atoms with E-state index >= 15 is 0 Å². The van der Waals surface area contributed by atoms with E-state index in [1.165, 1.54) is 0 Å². The van der Waals surface area contributed by atoms with Crippen LogP contribution >= 0.6 is 23.2 Å². The number of halogens is 2. The molecular weight excluding hydrogens is 309 g/mol. The summed E-state index contributed by atoms with van der Waals surface area (Å²) in [4.78, 5) is 15.7. The highest BCUT2D eigenvalue weighted by atomic mass is 35.5. The fourth-order valence-electron chi connectivity index (χ4n) is 1.73. The van der Waals surface area contributed by atoms with E-state index in [1.54, 1.807) is 30.6 Å². The number of benzene rings is 1. The van der Waals surface area contributed by atoms with Gasteiger partial charge >= 0.3 is 0 Å². The van der Waals surface area contributed by atoms with Crippen LogP contribution in [0.5, 0.6) is 0 Å². The first-order chi connectivity index (χ1) is 10.1. The van der Waals surface area contributed by atoms with Crippen molar-refractivity contribution in [2.45, 2.75) is 13.0 Å². The van der Waals surface area contributed by atoms with E-state index in [9.17, 15) is 4.79 Å². The average Bonchev–Trinajstić information content (AvgIpc) is 2.50. The molecule has 4 nitrogen and oxygen atoms in total. The van der Waals surface area contributed by atoms with Crippen LogP contribution in [-0.4, -0.2) is 17.4 Å². The lowest BCUT2D eigenvalue weighted by Crippen LogP contribution is -2.24. The van der Waals surface area contributed by atoms with Gasteiger partial charge in [-0.15, -0.1) is 0 Å². The van der Waals surface area contributed by atoms with E-state index in [0.717, 1.165) is 11.3 Å². The lowest BCUT2D eigenvalue weighted by atomic mass is 10.2. The molecule has 0 spiro atoms. The van der Waals surface area contributed by atoms with Gasteiger partial charge in [-0.2, -0.15) is 0 Å². The van der Waals surface area contributed by atoms with E-state index < -0.39 is 0 Å². The molecule has 1 aromatic heterocycles. The highest BCUT2D eigenvalue weighted by molar-refractivity contribution is 6.35. The molecule has 110 valence electrons. The number of aromatic nitrogens is 1. The summed E-state index contributed by atoms with van der Waals surface area (Å²) < 4.78 is 0. The average molecular weight is 324 g/mol. The molecule has 0 aliphatic carbocycles. The van der Waals surface area contributed by atoms with Crippen molar-refractivity contribution in [1.82, 2.24) is 10.3 Å². The van der Waals surface area contributed by atoms with Gasteiger partial charge in [-0.05, 0) is 35.9 Å². The van der Waals surface area contributed by atoms with Gasteiger partial charge in [0.1, 0.15) is 0 Å². The molecule has 0 aliphatic heterocycles. The number of nitrogens with zero attached hydrogens (tertiary/aromatic N) is 1. The van der Waals surface area contributed by atoms with Crippen molar-refractivity contribution in [3.8, 4) is 0 Å². The molecule has 0 bridgehead atoms. The minimum atomic E-state index is -0.0301. The minimum absolute atomic E-state index is 0.0301. The van der Waals surface area contributed by atoms with E-state index in [0.29, 0.717) is 29.6 Å². The quantitative estimate of drug-likeness (QED) is 0.855. The molecule has 6 heteroatoms. The number of amides is 1. The Bertz CT molecular complexity index is 605. The van der Waals surface area contributed by atoms with Crippen molar-refractivity contribution in [3.05, 3.63) is 58.3 Å². The summed E-state index contributed by atoms with van der Waals surface area (Å²) in [5.74, 6) is -0.0301. The van der Waals surface area contributed by atoms with Crippen LogP contribution in [0.3, 0.4) is 0 Å². The van der Waals surface area contributed by atoms with Crippen molar-refractivity contribution in [2.75, 3.05) is 11.9 Å². The van der Waals surface area contributed by atoms with E-state index in [4.69, 9.17) is 23.2 Å². The number of anilines is 1. The number of pyridine rings is 1. The molecule has 21 heavy (non-hydrogen) atoms. The number of hydrogen-bond donors (Lipinski definition) is 2. The molecule has 0 atom stereocenters. The van der Waals surface area contributed by atoms with Crippen LogP contribution in [0.15, 0.2) is 42.7 Å². The first-order valence-electron chi connectivity index (χ1n) is 6.49. The first kappa shape index (κ1) is 15.6. The van der Waals surface area contributed by atoms with Crippen molar-refractivity contribution in [2.24, 2.45) is 0 Å². The third-order valence-electron chi connectivity index (χ3n) is 2.83. The van der Waals surface area contributed by atoms with Gasteiger partial charge in [0, 0.05) is 36.9 Å². The summed E-state index contributed by atoms with van der Waals surface area (Å²) >= 11 is 11.9. The molecule has 2 N–H and O–H groups in total. The predicted molar refractivity (Wildman–Crippen MR) is 85.7 cm³/mol. The Morgan fingerprint density at radius 3 is 2.67 bits per heavy atom. The molecule has 2 aromatic rings. The maximum atomic E-state index is 11.7. The van der Waals surface area contributed by atoms with Crippen molar-refractivity contribution in [1.29, 1.82) is 0 Å². The van der Waals surface area contributed by atoms with Gasteiger partial charge in [0.15, 0.2) is 0 Å². The molecule has 0 fully saturated rings. The van der Waals surface area contributed by atoms with Crippen LogP contribution in [0.25, 0.3) is 0 Å². The topological polar surface area (TPSA) is 54.0 Å². The van der Waals surface area contributed by atoms with Crippen LogP contribution in [-0.2, 0) is 11.3 Å². The third-order valence-corrected chi connectivity index (χ3v) is 3.40. The Hall–Kier alpha value is -1.78. The molecule has 1 heterocycles. The lowest BCUT2D eigenvalue weighted by Gasteiger charge is -2.09. The maximum absolute atomic E-state index is 11.7. The maximum Gasteiger partial charge on any atom is 0.222 e. The number of carbonyl (C=O) groups excluding carboxylic acids is 1. The molecule has 0 saturated carbocycles. The van der Waals surface area contributed by atoms with E-state index in [2.05, 4.69) is 15.6 Å². The summed E-state index contributed by atoms with van der Waals surface area (Å²) in [6.45, 7) is 0.988. The van der Waals surface area contributed by atoms with E-state index in [1.807, 2.05) is 12.1 Å². The van der Waals surface area contributed by atoms with Crippen molar-refractivity contribution < 1.29 is 4.79 Å². The highest BCUT2D eigenvalue weighted by Gasteiger charge is 2.04. The second-order valence-electron chi connectivity index (χ2n) is 4.43. The zero-order valence-electron chi connectivity index (χ0n) is 11.3. The van der Waals surface area contributed by atoms with Crippen molar-refractivity contribution >= 4 is 34.8 Å².